The van der Waals surface area contributed by atoms with E-state index in [1.165, 1.54) is 0 Å². The lowest BCUT2D eigenvalue weighted by Crippen LogP contribution is -1.97. The van der Waals surface area contributed by atoms with Crippen LogP contribution in [0.25, 0.3) is 11.4 Å². The van der Waals surface area contributed by atoms with Gasteiger partial charge in [0.05, 0.1) is 11.8 Å². The summed E-state index contributed by atoms with van der Waals surface area (Å²) in [5, 5.41) is 3.98. The fourth-order valence-electron chi connectivity index (χ4n) is 2.09. The number of furan rings is 1. The van der Waals surface area contributed by atoms with Crippen molar-refractivity contribution in [3.8, 4) is 11.4 Å². The quantitative estimate of drug-likeness (QED) is 0.736. The van der Waals surface area contributed by atoms with Crippen molar-refractivity contribution in [1.82, 2.24) is 10.1 Å². The van der Waals surface area contributed by atoms with Crippen molar-refractivity contribution in [3.63, 3.8) is 0 Å². The van der Waals surface area contributed by atoms with Gasteiger partial charge >= 0.3 is 0 Å². The van der Waals surface area contributed by atoms with Gasteiger partial charge in [-0.05, 0) is 31.0 Å². The molecule has 0 aliphatic rings. The van der Waals surface area contributed by atoms with Crippen molar-refractivity contribution in [2.75, 3.05) is 5.73 Å². The third-order valence-corrected chi connectivity index (χ3v) is 3.23. The average Bonchev–Trinajstić information content (AvgIpc) is 3.06. The number of nitrogen functional groups attached to an aromatic ring is 1. The summed E-state index contributed by atoms with van der Waals surface area (Å²) in [5.74, 6) is 1.95. The molecule has 102 valence electrons. The van der Waals surface area contributed by atoms with Gasteiger partial charge in [-0.1, -0.05) is 23.4 Å². The van der Waals surface area contributed by atoms with E-state index < -0.39 is 0 Å². The molecule has 20 heavy (non-hydrogen) atoms. The molecule has 0 atom stereocenters. The summed E-state index contributed by atoms with van der Waals surface area (Å²) in [5.41, 5.74) is 8.65. The minimum atomic E-state index is 0.562. The monoisotopic (exact) mass is 269 g/mol. The Bertz CT molecular complexity index is 715. The lowest BCUT2D eigenvalue weighted by atomic mass is 10.1. The Morgan fingerprint density at radius 2 is 2.00 bits per heavy atom. The van der Waals surface area contributed by atoms with Crippen LogP contribution in [-0.4, -0.2) is 10.1 Å². The maximum atomic E-state index is 5.91. The highest BCUT2D eigenvalue weighted by Gasteiger charge is 2.12. The topological polar surface area (TPSA) is 78.1 Å². The Hall–Kier alpha value is -2.56. The molecule has 2 N–H and O–H groups in total. The molecule has 0 bridgehead atoms. The molecule has 0 saturated heterocycles. The summed E-state index contributed by atoms with van der Waals surface area (Å²) in [6.07, 6.45) is 3.06. The number of rotatable bonds is 4. The van der Waals surface area contributed by atoms with Crippen LogP contribution in [-0.2, 0) is 12.8 Å². The normalized spacial score (nSPS) is 10.8. The van der Waals surface area contributed by atoms with Crippen LogP contribution < -0.4 is 5.73 Å². The molecule has 0 radical (unpaired) electrons. The molecule has 2 heterocycles. The summed E-state index contributed by atoms with van der Waals surface area (Å²) >= 11 is 0. The SMILES string of the molecule is Cc1occc1-c1noc(CCc2ccccc2N)n1. The molecule has 0 aliphatic carbocycles. The fraction of sp³-hybridized carbons (Fsp3) is 0.200. The number of benzene rings is 1. The molecule has 0 spiro atoms. The van der Waals surface area contributed by atoms with E-state index in [9.17, 15) is 0 Å². The van der Waals surface area contributed by atoms with E-state index in [0.29, 0.717) is 18.1 Å². The largest absolute Gasteiger partial charge is 0.469 e. The first-order valence-electron chi connectivity index (χ1n) is 6.44. The maximum Gasteiger partial charge on any atom is 0.227 e. The van der Waals surface area contributed by atoms with Crippen LogP contribution in [0.5, 0.6) is 0 Å². The number of nitrogens with two attached hydrogens (primary N) is 1. The van der Waals surface area contributed by atoms with Gasteiger partial charge in [0, 0.05) is 12.1 Å². The molecular weight excluding hydrogens is 254 g/mol. The molecular formula is C15H15N3O2. The van der Waals surface area contributed by atoms with Crippen LogP contribution in [0.2, 0.25) is 0 Å². The lowest BCUT2D eigenvalue weighted by molar-refractivity contribution is 0.379. The summed E-state index contributed by atoms with van der Waals surface area (Å²) in [6, 6.07) is 9.63. The predicted octanol–water partition coefficient (Wildman–Crippen LogP) is 3.01. The second-order valence-electron chi connectivity index (χ2n) is 4.60. The second-order valence-corrected chi connectivity index (χ2v) is 4.60. The summed E-state index contributed by atoms with van der Waals surface area (Å²) in [4.78, 5) is 4.38. The predicted molar refractivity (Wildman–Crippen MR) is 75.0 cm³/mol. The number of aromatic nitrogens is 2. The zero-order chi connectivity index (χ0) is 13.9. The summed E-state index contributed by atoms with van der Waals surface area (Å²) in [7, 11) is 0. The molecule has 2 aromatic heterocycles. The molecule has 3 rings (SSSR count). The minimum absolute atomic E-state index is 0.562. The van der Waals surface area contributed by atoms with Gasteiger partial charge in [-0.25, -0.2) is 0 Å². The van der Waals surface area contributed by atoms with Gasteiger partial charge in [-0.3, -0.25) is 0 Å². The maximum absolute atomic E-state index is 5.91. The van der Waals surface area contributed by atoms with Gasteiger partial charge in [0.15, 0.2) is 0 Å². The highest BCUT2D eigenvalue weighted by molar-refractivity contribution is 5.56. The van der Waals surface area contributed by atoms with Crippen molar-refractivity contribution in [2.45, 2.75) is 19.8 Å². The highest BCUT2D eigenvalue weighted by Crippen LogP contribution is 2.21. The van der Waals surface area contributed by atoms with Crippen molar-refractivity contribution in [2.24, 2.45) is 0 Å². The lowest BCUT2D eigenvalue weighted by Gasteiger charge is -2.02. The van der Waals surface area contributed by atoms with Crippen LogP contribution in [0.3, 0.4) is 0 Å². The molecule has 5 nitrogen and oxygen atoms in total. The van der Waals surface area contributed by atoms with E-state index in [4.69, 9.17) is 14.7 Å². The van der Waals surface area contributed by atoms with Crippen LogP contribution in [0.4, 0.5) is 5.69 Å². The molecule has 0 saturated carbocycles. The molecule has 3 aromatic rings. The molecule has 5 heteroatoms. The number of aryl methyl sites for hydroxylation is 3. The Morgan fingerprint density at radius 1 is 1.15 bits per heavy atom. The van der Waals surface area contributed by atoms with Gasteiger partial charge in [-0.2, -0.15) is 4.98 Å². The second kappa shape index (κ2) is 5.21. The standard InChI is InChI=1S/C15H15N3O2/c1-10-12(8-9-19-10)15-17-14(20-18-15)7-6-11-4-2-3-5-13(11)16/h2-5,8-9H,6-7,16H2,1H3. The Kier molecular flexibility index (Phi) is 3.25. The van der Waals surface area contributed by atoms with Crippen molar-refractivity contribution in [1.29, 1.82) is 0 Å². The zero-order valence-corrected chi connectivity index (χ0v) is 11.2. The molecule has 0 fully saturated rings. The van der Waals surface area contributed by atoms with E-state index in [1.54, 1.807) is 6.26 Å². The van der Waals surface area contributed by atoms with Crippen molar-refractivity contribution >= 4 is 5.69 Å². The Labute approximate surface area is 116 Å². The fourth-order valence-corrected chi connectivity index (χ4v) is 2.09. The molecule has 1 aromatic carbocycles. The van der Waals surface area contributed by atoms with Crippen molar-refractivity contribution < 1.29 is 8.94 Å². The van der Waals surface area contributed by atoms with Crippen LogP contribution in [0, 0.1) is 6.92 Å². The number of hydrogen-bond acceptors (Lipinski definition) is 5. The average molecular weight is 269 g/mol. The van der Waals surface area contributed by atoms with Crippen LogP contribution >= 0.6 is 0 Å². The first-order valence-corrected chi connectivity index (χ1v) is 6.44. The van der Waals surface area contributed by atoms with E-state index >= 15 is 0 Å². The van der Waals surface area contributed by atoms with E-state index in [1.807, 2.05) is 37.3 Å². The first-order chi connectivity index (χ1) is 9.74. The zero-order valence-electron chi connectivity index (χ0n) is 11.2. The Balaban J connectivity index is 1.72. The smallest absolute Gasteiger partial charge is 0.227 e. The number of para-hydroxylation sites is 1. The minimum Gasteiger partial charge on any atom is -0.469 e. The van der Waals surface area contributed by atoms with Crippen LogP contribution in [0.1, 0.15) is 17.2 Å². The number of nitrogens with zero attached hydrogens (tertiary/aromatic N) is 2. The van der Waals surface area contributed by atoms with Crippen molar-refractivity contribution in [3.05, 3.63) is 53.8 Å². The third-order valence-electron chi connectivity index (χ3n) is 3.23. The number of hydrogen-bond donors (Lipinski definition) is 1. The van der Waals surface area contributed by atoms with E-state index in [0.717, 1.165) is 29.0 Å². The summed E-state index contributed by atoms with van der Waals surface area (Å²) < 4.78 is 10.5. The van der Waals surface area contributed by atoms with Gasteiger partial charge < -0.3 is 14.7 Å². The third kappa shape index (κ3) is 2.42. The Morgan fingerprint density at radius 3 is 2.75 bits per heavy atom. The van der Waals surface area contributed by atoms with E-state index in [-0.39, 0.29) is 0 Å². The van der Waals surface area contributed by atoms with Gasteiger partial charge in [-0.15, -0.1) is 0 Å². The van der Waals surface area contributed by atoms with Gasteiger partial charge in [0.1, 0.15) is 5.76 Å². The van der Waals surface area contributed by atoms with Gasteiger partial charge in [0.2, 0.25) is 11.7 Å². The van der Waals surface area contributed by atoms with E-state index in [2.05, 4.69) is 10.1 Å². The molecule has 0 amide bonds. The van der Waals surface area contributed by atoms with Crippen LogP contribution in [0.15, 0.2) is 45.5 Å². The summed E-state index contributed by atoms with van der Waals surface area (Å²) in [6.45, 7) is 1.87. The molecule has 0 aliphatic heterocycles. The van der Waals surface area contributed by atoms with Gasteiger partial charge in [0.25, 0.3) is 0 Å². The highest BCUT2D eigenvalue weighted by atomic mass is 16.5. The molecule has 0 unspecified atom stereocenters. The first kappa shape index (κ1) is 12.5. The number of anilines is 1.